The van der Waals surface area contributed by atoms with Crippen LogP contribution in [0.25, 0.3) is 0 Å². The number of hydrogen-bond acceptors (Lipinski definition) is 6. The normalized spacial score (nSPS) is 10.0. The molecule has 0 aliphatic rings. The van der Waals surface area contributed by atoms with Crippen molar-refractivity contribution in [3.63, 3.8) is 0 Å². The Bertz CT molecular complexity index is 458. The molecular formula is C10H12N2O5. The van der Waals surface area contributed by atoms with E-state index in [0.29, 0.717) is 5.56 Å². The third-order valence-electron chi connectivity index (χ3n) is 2.15. The van der Waals surface area contributed by atoms with E-state index in [4.69, 9.17) is 10.5 Å². The van der Waals surface area contributed by atoms with Gasteiger partial charge in [-0.25, -0.2) is 4.79 Å². The fraction of sp³-hybridized carbons (Fsp3) is 0.300. The maximum Gasteiger partial charge on any atom is 0.338 e. The minimum atomic E-state index is -0.667. The maximum absolute atomic E-state index is 11.5. The van der Waals surface area contributed by atoms with Crippen LogP contribution < -0.4 is 5.73 Å². The lowest BCUT2D eigenvalue weighted by atomic mass is 10.1. The van der Waals surface area contributed by atoms with Crippen molar-refractivity contribution in [3.05, 3.63) is 33.4 Å². The van der Waals surface area contributed by atoms with E-state index in [1.165, 1.54) is 20.3 Å². The molecule has 7 heteroatoms. The van der Waals surface area contributed by atoms with E-state index < -0.39 is 10.9 Å². The smallest absolute Gasteiger partial charge is 0.338 e. The number of nitro benzene ring substituents is 1. The standard InChI is InChI=1S/C10H12N2O5/c1-16-5-6-3-8(11)9(12(14)15)4-7(6)10(13)17-2/h3-4H,5,11H2,1-2H3. The minimum Gasteiger partial charge on any atom is -0.465 e. The molecule has 0 radical (unpaired) electrons. The molecule has 7 nitrogen and oxygen atoms in total. The summed E-state index contributed by atoms with van der Waals surface area (Å²) >= 11 is 0. The lowest BCUT2D eigenvalue weighted by Crippen LogP contribution is -2.09. The fourth-order valence-corrected chi connectivity index (χ4v) is 1.39. The van der Waals surface area contributed by atoms with Crippen molar-refractivity contribution in [1.29, 1.82) is 0 Å². The monoisotopic (exact) mass is 240 g/mol. The number of ether oxygens (including phenoxy) is 2. The lowest BCUT2D eigenvalue weighted by molar-refractivity contribution is -0.383. The van der Waals surface area contributed by atoms with Crippen molar-refractivity contribution >= 4 is 17.3 Å². The predicted octanol–water partition coefficient (Wildman–Crippen LogP) is 1.11. The number of hydrogen-bond donors (Lipinski definition) is 1. The second-order valence-electron chi connectivity index (χ2n) is 3.25. The summed E-state index contributed by atoms with van der Waals surface area (Å²) in [6.45, 7) is 0.118. The third-order valence-corrected chi connectivity index (χ3v) is 2.15. The Balaban J connectivity index is 3.36. The van der Waals surface area contributed by atoms with Gasteiger partial charge in [0.15, 0.2) is 0 Å². The van der Waals surface area contributed by atoms with Crippen LogP contribution in [-0.4, -0.2) is 25.1 Å². The van der Waals surface area contributed by atoms with Gasteiger partial charge in [-0.15, -0.1) is 0 Å². The van der Waals surface area contributed by atoms with Gasteiger partial charge < -0.3 is 15.2 Å². The van der Waals surface area contributed by atoms with E-state index in [1.807, 2.05) is 0 Å². The Morgan fingerprint density at radius 1 is 1.47 bits per heavy atom. The number of benzene rings is 1. The number of nitrogens with two attached hydrogens (primary N) is 1. The van der Waals surface area contributed by atoms with Gasteiger partial charge in [-0.05, 0) is 11.6 Å². The van der Waals surface area contributed by atoms with E-state index in [1.54, 1.807) is 0 Å². The van der Waals surface area contributed by atoms with Gasteiger partial charge in [-0.1, -0.05) is 0 Å². The molecule has 0 atom stereocenters. The lowest BCUT2D eigenvalue weighted by Gasteiger charge is -2.08. The molecule has 2 N–H and O–H groups in total. The summed E-state index contributed by atoms with van der Waals surface area (Å²) in [5, 5.41) is 10.7. The molecule has 17 heavy (non-hydrogen) atoms. The SMILES string of the molecule is COCc1cc(N)c([N+](=O)[O-])cc1C(=O)OC. The Kier molecular flexibility index (Phi) is 4.00. The molecule has 1 aromatic carbocycles. The topological polar surface area (TPSA) is 105 Å². The Labute approximate surface area is 97.3 Å². The van der Waals surface area contributed by atoms with Gasteiger partial charge >= 0.3 is 5.97 Å². The van der Waals surface area contributed by atoms with E-state index in [-0.39, 0.29) is 23.5 Å². The van der Waals surface area contributed by atoms with Crippen LogP contribution in [0.4, 0.5) is 11.4 Å². The quantitative estimate of drug-likeness (QED) is 0.366. The molecule has 1 rings (SSSR count). The van der Waals surface area contributed by atoms with Gasteiger partial charge in [0.25, 0.3) is 5.69 Å². The molecule has 0 unspecified atom stereocenters. The number of carbonyl (C=O) groups excluding carboxylic acids is 1. The van der Waals surface area contributed by atoms with Gasteiger partial charge in [0.2, 0.25) is 0 Å². The number of rotatable bonds is 4. The first-order valence-corrected chi connectivity index (χ1v) is 4.65. The molecule has 0 fully saturated rings. The average molecular weight is 240 g/mol. The predicted molar refractivity (Wildman–Crippen MR) is 59.6 cm³/mol. The largest absolute Gasteiger partial charge is 0.465 e. The van der Waals surface area contributed by atoms with Crippen LogP contribution >= 0.6 is 0 Å². The van der Waals surface area contributed by atoms with Gasteiger partial charge in [-0.3, -0.25) is 10.1 Å². The average Bonchev–Trinajstić information content (AvgIpc) is 2.28. The molecule has 1 aromatic rings. The van der Waals surface area contributed by atoms with Crippen molar-refractivity contribution < 1.29 is 19.2 Å². The van der Waals surface area contributed by atoms with Crippen LogP contribution in [0.2, 0.25) is 0 Å². The highest BCUT2D eigenvalue weighted by atomic mass is 16.6. The van der Waals surface area contributed by atoms with Crippen LogP contribution in [0.15, 0.2) is 12.1 Å². The molecule has 0 bridgehead atoms. The molecule has 0 aliphatic carbocycles. The minimum absolute atomic E-state index is 0.0188. The molecule has 0 aliphatic heterocycles. The molecule has 0 aromatic heterocycles. The summed E-state index contributed by atoms with van der Waals surface area (Å²) in [4.78, 5) is 21.5. The van der Waals surface area contributed by atoms with Crippen LogP contribution in [0, 0.1) is 10.1 Å². The number of methoxy groups -OCH3 is 2. The molecule has 0 amide bonds. The van der Waals surface area contributed by atoms with Crippen molar-refractivity contribution in [2.75, 3.05) is 20.0 Å². The fourth-order valence-electron chi connectivity index (χ4n) is 1.39. The van der Waals surface area contributed by atoms with Crippen LogP contribution in [0.5, 0.6) is 0 Å². The second-order valence-corrected chi connectivity index (χ2v) is 3.25. The Morgan fingerprint density at radius 2 is 2.12 bits per heavy atom. The van der Waals surface area contributed by atoms with Crippen LogP contribution in [-0.2, 0) is 16.1 Å². The summed E-state index contributed by atoms with van der Waals surface area (Å²) < 4.78 is 9.43. The van der Waals surface area contributed by atoms with E-state index >= 15 is 0 Å². The first-order chi connectivity index (χ1) is 8.01. The summed E-state index contributed by atoms with van der Waals surface area (Å²) in [7, 11) is 2.64. The van der Waals surface area contributed by atoms with E-state index in [2.05, 4.69) is 4.74 Å². The number of anilines is 1. The first-order valence-electron chi connectivity index (χ1n) is 4.65. The molecule has 92 valence electrons. The molecule has 0 saturated heterocycles. The van der Waals surface area contributed by atoms with Crippen LogP contribution in [0.1, 0.15) is 15.9 Å². The van der Waals surface area contributed by atoms with Gasteiger partial charge in [0, 0.05) is 13.2 Å². The number of esters is 1. The van der Waals surface area contributed by atoms with Crippen molar-refractivity contribution in [1.82, 2.24) is 0 Å². The van der Waals surface area contributed by atoms with Crippen molar-refractivity contribution in [2.45, 2.75) is 6.61 Å². The maximum atomic E-state index is 11.5. The first kappa shape index (κ1) is 12.9. The van der Waals surface area contributed by atoms with Crippen molar-refractivity contribution in [3.8, 4) is 0 Å². The number of nitro groups is 1. The zero-order chi connectivity index (χ0) is 13.0. The zero-order valence-electron chi connectivity index (χ0n) is 9.43. The van der Waals surface area contributed by atoms with E-state index in [0.717, 1.165) is 6.07 Å². The van der Waals surface area contributed by atoms with Gasteiger partial charge in [0.05, 0.1) is 24.2 Å². The number of nitrogens with zero attached hydrogens (tertiary/aromatic N) is 1. The van der Waals surface area contributed by atoms with Gasteiger partial charge in [-0.2, -0.15) is 0 Å². The third kappa shape index (κ3) is 2.70. The van der Waals surface area contributed by atoms with Crippen LogP contribution in [0.3, 0.4) is 0 Å². The Hall–Kier alpha value is -2.15. The molecular weight excluding hydrogens is 228 g/mol. The zero-order valence-corrected chi connectivity index (χ0v) is 9.43. The Morgan fingerprint density at radius 3 is 2.59 bits per heavy atom. The molecule has 0 heterocycles. The number of nitrogen functional groups attached to an aromatic ring is 1. The molecule has 0 spiro atoms. The second kappa shape index (κ2) is 5.26. The highest BCUT2D eigenvalue weighted by Gasteiger charge is 2.20. The summed E-state index contributed by atoms with van der Waals surface area (Å²) in [5.41, 5.74) is 5.69. The molecule has 0 saturated carbocycles. The highest BCUT2D eigenvalue weighted by Crippen LogP contribution is 2.26. The van der Waals surface area contributed by atoms with E-state index in [9.17, 15) is 14.9 Å². The van der Waals surface area contributed by atoms with Gasteiger partial charge in [0.1, 0.15) is 5.69 Å². The highest BCUT2D eigenvalue weighted by molar-refractivity contribution is 5.93. The summed E-state index contributed by atoms with van der Waals surface area (Å²) in [5.74, 6) is -0.667. The number of carbonyl (C=O) groups is 1. The summed E-state index contributed by atoms with van der Waals surface area (Å²) in [6.07, 6.45) is 0. The van der Waals surface area contributed by atoms with Crippen molar-refractivity contribution in [2.24, 2.45) is 0 Å². The summed E-state index contributed by atoms with van der Waals surface area (Å²) in [6, 6.07) is 2.43.